The first-order valence-corrected chi connectivity index (χ1v) is 15.0. The van der Waals surface area contributed by atoms with Gasteiger partial charge in [0.25, 0.3) is 5.91 Å². The lowest BCUT2D eigenvalue weighted by molar-refractivity contribution is -0.139. The number of halogens is 2. The third kappa shape index (κ3) is 8.30. The molecular weight excluding hydrogens is 568 g/mol. The van der Waals surface area contributed by atoms with Crippen molar-refractivity contribution in [3.8, 4) is 11.1 Å². The average Bonchev–Trinajstić information content (AvgIpc) is 3.47. The van der Waals surface area contributed by atoms with Crippen molar-refractivity contribution < 1.29 is 36.6 Å². The fourth-order valence-corrected chi connectivity index (χ4v) is 5.00. The van der Waals surface area contributed by atoms with Gasteiger partial charge >= 0.3 is 5.97 Å². The lowest BCUT2D eigenvalue weighted by Crippen LogP contribution is -2.42. The highest BCUT2D eigenvalue weighted by Gasteiger charge is 2.25. The van der Waals surface area contributed by atoms with E-state index in [1.807, 2.05) is 4.57 Å². The molecule has 0 aliphatic carbocycles. The fraction of sp³-hybridized carbons (Fsp3) is 0.233. The van der Waals surface area contributed by atoms with Gasteiger partial charge in [-0.15, -0.1) is 0 Å². The van der Waals surface area contributed by atoms with Gasteiger partial charge < -0.3 is 19.7 Å². The summed E-state index contributed by atoms with van der Waals surface area (Å²) in [6.07, 6.45) is 5.07. The van der Waals surface area contributed by atoms with Crippen molar-refractivity contribution in [1.29, 1.82) is 0 Å². The monoisotopic (exact) mass is 597 g/mol. The van der Waals surface area contributed by atoms with Crippen molar-refractivity contribution in [2.24, 2.45) is 0 Å². The summed E-state index contributed by atoms with van der Waals surface area (Å²) in [7, 11) is -3.47. The molecule has 3 aromatic carbocycles. The van der Waals surface area contributed by atoms with Crippen LogP contribution in [0.1, 0.15) is 34.0 Å². The van der Waals surface area contributed by atoms with E-state index in [-0.39, 0.29) is 18.6 Å². The minimum atomic E-state index is -3.47. The van der Waals surface area contributed by atoms with E-state index in [1.54, 1.807) is 43.0 Å². The number of amides is 1. The number of sulfone groups is 1. The molecule has 0 saturated carbocycles. The minimum absolute atomic E-state index is 0.0900. The summed E-state index contributed by atoms with van der Waals surface area (Å²) >= 11 is 0. The molecule has 1 unspecified atom stereocenters. The Morgan fingerprint density at radius 2 is 1.64 bits per heavy atom. The number of benzene rings is 3. The number of aliphatic carboxylic acids is 1. The number of carboxylic acid groups (broad SMARTS) is 1. The largest absolute Gasteiger partial charge is 0.480 e. The summed E-state index contributed by atoms with van der Waals surface area (Å²) in [6, 6.07) is 14.6. The van der Waals surface area contributed by atoms with Crippen LogP contribution in [0.15, 0.2) is 85.5 Å². The number of hydrogen-bond acceptors (Lipinski definition) is 6. The Morgan fingerprint density at radius 1 is 1.00 bits per heavy atom. The summed E-state index contributed by atoms with van der Waals surface area (Å²) in [5, 5.41) is 12.0. The molecule has 1 heterocycles. The van der Waals surface area contributed by atoms with E-state index in [0.29, 0.717) is 28.8 Å². The van der Waals surface area contributed by atoms with Gasteiger partial charge in [0.05, 0.1) is 18.7 Å². The average molecular weight is 598 g/mol. The molecule has 1 aromatic heterocycles. The number of carboxylic acids is 1. The Bertz CT molecular complexity index is 1630. The van der Waals surface area contributed by atoms with Crippen LogP contribution in [0.4, 0.5) is 8.78 Å². The maximum Gasteiger partial charge on any atom is 0.326 e. The highest BCUT2D eigenvalue weighted by molar-refractivity contribution is 7.90. The number of hydrogen-bond donors (Lipinski definition) is 2. The summed E-state index contributed by atoms with van der Waals surface area (Å²) in [4.78, 5) is 29.2. The van der Waals surface area contributed by atoms with Crippen LogP contribution in [0.25, 0.3) is 11.1 Å². The molecule has 0 aliphatic heterocycles. The van der Waals surface area contributed by atoms with E-state index in [1.165, 1.54) is 42.5 Å². The zero-order chi connectivity index (χ0) is 30.3. The van der Waals surface area contributed by atoms with Crippen molar-refractivity contribution in [2.45, 2.75) is 25.1 Å². The third-order valence-corrected chi connectivity index (χ3v) is 7.47. The zero-order valence-electron chi connectivity index (χ0n) is 22.6. The van der Waals surface area contributed by atoms with Crippen LogP contribution in [-0.4, -0.2) is 59.6 Å². The Kier molecular flexibility index (Phi) is 9.81. The van der Waals surface area contributed by atoms with Gasteiger partial charge in [-0.05, 0) is 65.1 Å². The molecule has 2 N–H and O–H groups in total. The molecule has 0 spiro atoms. The summed E-state index contributed by atoms with van der Waals surface area (Å²) in [5.41, 5.74) is 2.18. The number of ether oxygens (including phenoxy) is 1. The van der Waals surface area contributed by atoms with E-state index >= 15 is 0 Å². The molecule has 0 fully saturated rings. The quantitative estimate of drug-likeness (QED) is 0.236. The van der Waals surface area contributed by atoms with E-state index in [0.717, 1.165) is 6.26 Å². The van der Waals surface area contributed by atoms with Crippen molar-refractivity contribution >= 4 is 21.7 Å². The summed E-state index contributed by atoms with van der Waals surface area (Å²) in [5.74, 6) is -3.46. The molecule has 9 nitrogen and oxygen atoms in total. The predicted octanol–water partition coefficient (Wildman–Crippen LogP) is 4.25. The van der Waals surface area contributed by atoms with E-state index in [9.17, 15) is 31.9 Å². The molecule has 0 saturated heterocycles. The zero-order valence-corrected chi connectivity index (χ0v) is 23.4. The Hall–Kier alpha value is -4.42. The second-order valence-electron chi connectivity index (χ2n) is 9.70. The Labute approximate surface area is 241 Å². The van der Waals surface area contributed by atoms with Gasteiger partial charge in [-0.25, -0.2) is 27.0 Å². The number of carbonyl (C=O) groups excluding carboxylic acids is 1. The van der Waals surface area contributed by atoms with E-state index in [2.05, 4.69) is 10.3 Å². The Balaban J connectivity index is 1.71. The van der Waals surface area contributed by atoms with Crippen LogP contribution >= 0.6 is 0 Å². The first-order valence-electron chi connectivity index (χ1n) is 12.9. The first kappa shape index (κ1) is 30.5. The molecule has 220 valence electrons. The van der Waals surface area contributed by atoms with Crippen LogP contribution in [-0.2, 0) is 25.9 Å². The van der Waals surface area contributed by atoms with Crippen molar-refractivity contribution in [3.05, 3.63) is 114 Å². The minimum Gasteiger partial charge on any atom is -0.480 e. The SMILES string of the molecule is CS(=O)(=O)CC[C@H](NC(=O)c1ccc(C(OCCn2ccnc2)c2ccc(F)cc2)cc1-c1ccc(F)cc1)C(=O)O. The lowest BCUT2D eigenvalue weighted by atomic mass is 9.92. The smallest absolute Gasteiger partial charge is 0.326 e. The van der Waals surface area contributed by atoms with Crippen molar-refractivity contribution in [2.75, 3.05) is 18.6 Å². The highest BCUT2D eigenvalue weighted by atomic mass is 32.2. The third-order valence-electron chi connectivity index (χ3n) is 6.49. The molecule has 42 heavy (non-hydrogen) atoms. The number of imidazole rings is 1. The van der Waals surface area contributed by atoms with Crippen molar-refractivity contribution in [1.82, 2.24) is 14.9 Å². The predicted molar refractivity (Wildman–Crippen MR) is 151 cm³/mol. The first-order chi connectivity index (χ1) is 20.0. The van der Waals surface area contributed by atoms with Crippen molar-refractivity contribution in [3.63, 3.8) is 0 Å². The number of nitrogens with one attached hydrogen (secondary N) is 1. The second-order valence-corrected chi connectivity index (χ2v) is 12.0. The molecule has 12 heteroatoms. The fourth-order valence-electron chi connectivity index (χ4n) is 4.33. The number of nitrogens with zero attached hydrogens (tertiary/aromatic N) is 2. The van der Waals surface area contributed by atoms with Gasteiger partial charge in [-0.1, -0.05) is 30.3 Å². The summed E-state index contributed by atoms with van der Waals surface area (Å²) in [6.45, 7) is 0.764. The lowest BCUT2D eigenvalue weighted by Gasteiger charge is -2.22. The molecule has 2 atom stereocenters. The van der Waals surface area contributed by atoms with E-state index < -0.39 is 51.2 Å². The summed E-state index contributed by atoms with van der Waals surface area (Å²) < 4.78 is 58.7. The molecule has 0 radical (unpaired) electrons. The Morgan fingerprint density at radius 3 is 2.24 bits per heavy atom. The number of rotatable bonds is 13. The molecule has 0 bridgehead atoms. The van der Waals surface area contributed by atoms with Gasteiger partial charge in [0.1, 0.15) is 33.6 Å². The maximum absolute atomic E-state index is 13.8. The van der Waals surface area contributed by atoms with Crippen LogP contribution < -0.4 is 5.32 Å². The van der Waals surface area contributed by atoms with Crippen LogP contribution in [0, 0.1) is 11.6 Å². The molecular formula is C30H29F2N3O6S. The van der Waals surface area contributed by atoms with Gasteiger partial charge in [0.15, 0.2) is 0 Å². The van der Waals surface area contributed by atoms with Gasteiger partial charge in [0, 0.05) is 30.8 Å². The highest BCUT2D eigenvalue weighted by Crippen LogP contribution is 2.32. The number of carbonyl (C=O) groups is 2. The normalized spacial score (nSPS) is 12.9. The van der Waals surface area contributed by atoms with Crippen LogP contribution in [0.2, 0.25) is 0 Å². The van der Waals surface area contributed by atoms with Crippen LogP contribution in [0.3, 0.4) is 0 Å². The molecule has 4 aromatic rings. The standard InChI is InChI=1S/C30H29F2N3O6S/c1-42(39,40)17-12-27(30(37)38)34-29(36)25-11-6-22(18-26(25)20-2-7-23(31)8-3-20)28(21-4-9-24(32)10-5-21)41-16-15-35-14-13-33-19-35/h2-11,13-14,18-19,27-28H,12,15-17H2,1H3,(H,34,36)(H,37,38)/t27-,28?/m0/s1. The second kappa shape index (κ2) is 13.5. The molecule has 1 amide bonds. The van der Waals surface area contributed by atoms with E-state index in [4.69, 9.17) is 4.74 Å². The van der Waals surface area contributed by atoms with Crippen LogP contribution in [0.5, 0.6) is 0 Å². The molecule has 0 aliphatic rings. The number of aromatic nitrogens is 2. The topological polar surface area (TPSA) is 128 Å². The maximum atomic E-state index is 13.8. The van der Waals surface area contributed by atoms with Gasteiger partial charge in [-0.2, -0.15) is 0 Å². The van der Waals surface area contributed by atoms with Gasteiger partial charge in [0.2, 0.25) is 0 Å². The van der Waals surface area contributed by atoms with Gasteiger partial charge in [-0.3, -0.25) is 4.79 Å². The molecule has 4 rings (SSSR count).